The number of esters is 1. The predicted molar refractivity (Wildman–Crippen MR) is 67.4 cm³/mol. The molecule has 0 radical (unpaired) electrons. The SMILES string of the molecule is CCOC(=O)CS(=O)(=O)Nc1cccc(C(=O)O)c1. The van der Waals surface area contributed by atoms with Gasteiger partial charge in [-0.2, -0.15) is 0 Å². The number of carboxylic acid groups (broad SMARTS) is 1. The van der Waals surface area contributed by atoms with Gasteiger partial charge in [-0.05, 0) is 25.1 Å². The molecule has 8 heteroatoms. The summed E-state index contributed by atoms with van der Waals surface area (Å²) in [7, 11) is -3.92. The monoisotopic (exact) mass is 287 g/mol. The quantitative estimate of drug-likeness (QED) is 0.745. The summed E-state index contributed by atoms with van der Waals surface area (Å²) in [5.41, 5.74) is 0.0144. The predicted octanol–water partition coefficient (Wildman–Crippen LogP) is 0.690. The molecule has 0 aromatic heterocycles. The summed E-state index contributed by atoms with van der Waals surface area (Å²) in [5, 5.41) is 8.77. The number of hydrogen-bond acceptors (Lipinski definition) is 5. The van der Waals surface area contributed by atoms with Crippen LogP contribution in [0.15, 0.2) is 24.3 Å². The third kappa shape index (κ3) is 4.96. The Balaban J connectivity index is 2.81. The minimum atomic E-state index is -3.92. The van der Waals surface area contributed by atoms with E-state index >= 15 is 0 Å². The normalized spacial score (nSPS) is 10.8. The molecule has 1 aromatic carbocycles. The number of sulfonamides is 1. The number of carbonyl (C=O) groups is 2. The summed E-state index contributed by atoms with van der Waals surface area (Å²) >= 11 is 0. The lowest BCUT2D eigenvalue weighted by atomic mass is 10.2. The summed E-state index contributed by atoms with van der Waals surface area (Å²) in [6.07, 6.45) is 0. The van der Waals surface area contributed by atoms with Crippen LogP contribution in [-0.4, -0.2) is 37.8 Å². The second-order valence-corrected chi connectivity index (χ2v) is 5.27. The van der Waals surface area contributed by atoms with E-state index in [-0.39, 0.29) is 17.9 Å². The standard InChI is InChI=1S/C11H13NO6S/c1-2-18-10(13)7-19(16,17)12-9-5-3-4-8(6-9)11(14)15/h3-6,12H,2,7H2,1H3,(H,14,15). The van der Waals surface area contributed by atoms with Crippen LogP contribution in [0.1, 0.15) is 17.3 Å². The maximum Gasteiger partial charge on any atom is 0.335 e. The second kappa shape index (κ2) is 6.19. The van der Waals surface area contributed by atoms with Crippen LogP contribution in [0.5, 0.6) is 0 Å². The van der Waals surface area contributed by atoms with Gasteiger partial charge in [0.25, 0.3) is 0 Å². The lowest BCUT2D eigenvalue weighted by molar-refractivity contribution is -0.139. The molecule has 0 aliphatic carbocycles. The van der Waals surface area contributed by atoms with Gasteiger partial charge in [-0.25, -0.2) is 13.2 Å². The van der Waals surface area contributed by atoms with Gasteiger partial charge in [0.05, 0.1) is 12.2 Å². The Morgan fingerprint density at radius 2 is 2.05 bits per heavy atom. The van der Waals surface area contributed by atoms with Gasteiger partial charge in [-0.3, -0.25) is 9.52 Å². The summed E-state index contributed by atoms with van der Waals surface area (Å²) < 4.78 is 29.9. The van der Waals surface area contributed by atoms with Crippen molar-refractivity contribution >= 4 is 27.6 Å². The molecule has 0 amide bonds. The van der Waals surface area contributed by atoms with Crippen LogP contribution in [0, 0.1) is 0 Å². The number of anilines is 1. The topological polar surface area (TPSA) is 110 Å². The first-order valence-electron chi connectivity index (χ1n) is 5.33. The Labute approximate surface area is 110 Å². The maximum absolute atomic E-state index is 11.6. The molecule has 0 atom stereocenters. The molecule has 0 fully saturated rings. The van der Waals surface area contributed by atoms with Gasteiger partial charge in [0.1, 0.15) is 0 Å². The Kier molecular flexibility index (Phi) is 4.87. The number of ether oxygens (including phenoxy) is 1. The number of carboxylic acids is 1. The maximum atomic E-state index is 11.6. The van der Waals surface area contributed by atoms with E-state index in [1.165, 1.54) is 18.2 Å². The average molecular weight is 287 g/mol. The summed E-state index contributed by atoms with van der Waals surface area (Å²) in [4.78, 5) is 21.8. The van der Waals surface area contributed by atoms with Crippen molar-refractivity contribution in [3.8, 4) is 0 Å². The zero-order valence-corrected chi connectivity index (χ0v) is 10.9. The van der Waals surface area contributed by atoms with Crippen LogP contribution in [0.3, 0.4) is 0 Å². The number of rotatable bonds is 6. The third-order valence-electron chi connectivity index (χ3n) is 2.00. The number of aromatic carboxylic acids is 1. The molecule has 0 saturated carbocycles. The van der Waals surface area contributed by atoms with Crippen molar-refractivity contribution in [1.29, 1.82) is 0 Å². The van der Waals surface area contributed by atoms with Gasteiger partial charge in [0, 0.05) is 5.69 Å². The molecule has 0 bridgehead atoms. The van der Waals surface area contributed by atoms with Crippen LogP contribution in [0.25, 0.3) is 0 Å². The van der Waals surface area contributed by atoms with E-state index in [4.69, 9.17) is 5.11 Å². The summed E-state index contributed by atoms with van der Waals surface area (Å²) in [6.45, 7) is 1.65. The van der Waals surface area contributed by atoms with Gasteiger partial charge >= 0.3 is 11.9 Å². The van der Waals surface area contributed by atoms with E-state index in [1.807, 2.05) is 0 Å². The van der Waals surface area contributed by atoms with E-state index < -0.39 is 27.7 Å². The fraction of sp³-hybridized carbons (Fsp3) is 0.273. The number of benzene rings is 1. The molecule has 1 aromatic rings. The lowest BCUT2D eigenvalue weighted by Crippen LogP contribution is -2.24. The zero-order valence-electron chi connectivity index (χ0n) is 10.1. The number of hydrogen-bond donors (Lipinski definition) is 2. The first-order valence-corrected chi connectivity index (χ1v) is 6.99. The van der Waals surface area contributed by atoms with E-state index in [0.717, 1.165) is 6.07 Å². The van der Waals surface area contributed by atoms with Gasteiger partial charge in [0.15, 0.2) is 5.75 Å². The Morgan fingerprint density at radius 3 is 2.63 bits per heavy atom. The fourth-order valence-electron chi connectivity index (χ4n) is 1.29. The molecule has 0 heterocycles. The molecule has 0 aliphatic rings. The highest BCUT2D eigenvalue weighted by Crippen LogP contribution is 2.12. The van der Waals surface area contributed by atoms with Crippen LogP contribution in [0.4, 0.5) is 5.69 Å². The lowest BCUT2D eigenvalue weighted by Gasteiger charge is -2.08. The van der Waals surface area contributed by atoms with Crippen LogP contribution >= 0.6 is 0 Å². The number of nitrogens with one attached hydrogen (secondary N) is 1. The van der Waals surface area contributed by atoms with E-state index in [1.54, 1.807) is 6.92 Å². The fourth-order valence-corrected chi connectivity index (χ4v) is 2.24. The van der Waals surface area contributed by atoms with Crippen molar-refractivity contribution in [2.75, 3.05) is 17.1 Å². The molecule has 7 nitrogen and oxygen atoms in total. The molecule has 104 valence electrons. The molecule has 0 aliphatic heterocycles. The van der Waals surface area contributed by atoms with Crippen molar-refractivity contribution in [2.45, 2.75) is 6.92 Å². The molecular formula is C11H13NO6S. The summed E-state index contributed by atoms with van der Waals surface area (Å²) in [5.74, 6) is -2.87. The first-order chi connectivity index (χ1) is 8.84. The Bertz CT molecular complexity index is 581. The minimum absolute atomic E-state index is 0.0589. The summed E-state index contributed by atoms with van der Waals surface area (Å²) in [6, 6.07) is 5.26. The molecule has 0 unspecified atom stereocenters. The molecule has 1 rings (SSSR count). The van der Waals surface area contributed by atoms with Crippen LogP contribution in [-0.2, 0) is 19.6 Å². The largest absolute Gasteiger partial charge is 0.478 e. The highest BCUT2D eigenvalue weighted by Gasteiger charge is 2.17. The molecule has 2 N–H and O–H groups in total. The van der Waals surface area contributed by atoms with Crippen LogP contribution < -0.4 is 4.72 Å². The van der Waals surface area contributed by atoms with E-state index in [2.05, 4.69) is 9.46 Å². The zero-order chi connectivity index (χ0) is 14.5. The van der Waals surface area contributed by atoms with Gasteiger partial charge in [-0.15, -0.1) is 0 Å². The molecule has 0 saturated heterocycles. The highest BCUT2D eigenvalue weighted by molar-refractivity contribution is 7.93. The second-order valence-electron chi connectivity index (χ2n) is 3.55. The Hall–Kier alpha value is -2.09. The average Bonchev–Trinajstić information content (AvgIpc) is 2.27. The van der Waals surface area contributed by atoms with Crippen molar-refractivity contribution in [3.63, 3.8) is 0 Å². The van der Waals surface area contributed by atoms with Crippen molar-refractivity contribution in [1.82, 2.24) is 0 Å². The van der Waals surface area contributed by atoms with Crippen molar-refractivity contribution < 1.29 is 27.9 Å². The van der Waals surface area contributed by atoms with E-state index in [0.29, 0.717) is 0 Å². The molecule has 19 heavy (non-hydrogen) atoms. The van der Waals surface area contributed by atoms with Crippen LogP contribution in [0.2, 0.25) is 0 Å². The molecule has 0 spiro atoms. The molecular weight excluding hydrogens is 274 g/mol. The number of carbonyl (C=O) groups excluding carboxylic acids is 1. The highest BCUT2D eigenvalue weighted by atomic mass is 32.2. The van der Waals surface area contributed by atoms with Crippen molar-refractivity contribution in [3.05, 3.63) is 29.8 Å². The Morgan fingerprint density at radius 1 is 1.37 bits per heavy atom. The van der Waals surface area contributed by atoms with E-state index in [9.17, 15) is 18.0 Å². The third-order valence-corrected chi connectivity index (χ3v) is 3.16. The smallest absolute Gasteiger partial charge is 0.335 e. The van der Waals surface area contributed by atoms with Crippen molar-refractivity contribution in [2.24, 2.45) is 0 Å². The van der Waals surface area contributed by atoms with Gasteiger partial charge in [0.2, 0.25) is 10.0 Å². The van der Waals surface area contributed by atoms with Gasteiger partial charge < -0.3 is 9.84 Å². The first kappa shape index (κ1) is 15.0. The minimum Gasteiger partial charge on any atom is -0.478 e. The van der Waals surface area contributed by atoms with Gasteiger partial charge in [-0.1, -0.05) is 6.07 Å².